The maximum absolute atomic E-state index is 13.6. The molecule has 2 bridgehead atoms. The van der Waals surface area contributed by atoms with Crippen molar-refractivity contribution in [1.82, 2.24) is 9.97 Å². The van der Waals surface area contributed by atoms with Gasteiger partial charge >= 0.3 is 0 Å². The standard InChI is InChI=1S/C12H16FN3O4S/c1-21(18,19)11-10(13)4-14-12(15-11)16-7-2-9(17)3-8(16)6-20-5-7/h4,7-9,17H,2-3,5-6H2,1H3/t7-,8+,9-. The Morgan fingerprint density at radius 1 is 1.38 bits per heavy atom. The number of hydrogen-bond donors (Lipinski definition) is 1. The van der Waals surface area contributed by atoms with Crippen LogP contribution in [0.1, 0.15) is 12.8 Å². The van der Waals surface area contributed by atoms with E-state index in [2.05, 4.69) is 9.97 Å². The highest BCUT2D eigenvalue weighted by Gasteiger charge is 2.40. The number of ether oxygens (including phenoxy) is 1. The Morgan fingerprint density at radius 2 is 2.00 bits per heavy atom. The number of morpholine rings is 1. The highest BCUT2D eigenvalue weighted by atomic mass is 32.2. The summed E-state index contributed by atoms with van der Waals surface area (Å²) in [5.41, 5.74) is 0. The summed E-state index contributed by atoms with van der Waals surface area (Å²) in [6.07, 6.45) is 2.35. The lowest BCUT2D eigenvalue weighted by atomic mass is 9.92. The summed E-state index contributed by atoms with van der Waals surface area (Å²) < 4.78 is 42.2. The second kappa shape index (κ2) is 5.15. The fourth-order valence-corrected chi connectivity index (χ4v) is 3.59. The average Bonchev–Trinajstić information content (AvgIpc) is 2.37. The summed E-state index contributed by atoms with van der Waals surface area (Å²) in [6.45, 7) is 0.811. The van der Waals surface area contributed by atoms with Gasteiger partial charge in [0.15, 0.2) is 20.7 Å². The predicted molar refractivity (Wildman–Crippen MR) is 71.2 cm³/mol. The van der Waals surface area contributed by atoms with Crippen LogP contribution in [0.15, 0.2) is 11.2 Å². The van der Waals surface area contributed by atoms with Gasteiger partial charge < -0.3 is 14.7 Å². The monoisotopic (exact) mass is 317 g/mol. The summed E-state index contributed by atoms with van der Waals surface area (Å²) in [5.74, 6) is -0.790. The third-order valence-corrected chi connectivity index (χ3v) is 4.77. The van der Waals surface area contributed by atoms with E-state index >= 15 is 0 Å². The molecule has 21 heavy (non-hydrogen) atoms. The number of nitrogens with zero attached hydrogens (tertiary/aromatic N) is 3. The third-order valence-electron chi connectivity index (χ3n) is 3.78. The molecular weight excluding hydrogens is 301 g/mol. The number of sulfone groups is 1. The van der Waals surface area contributed by atoms with Crippen molar-refractivity contribution in [1.29, 1.82) is 0 Å². The Balaban J connectivity index is 2.01. The summed E-state index contributed by atoms with van der Waals surface area (Å²) in [4.78, 5) is 9.65. The second-order valence-electron chi connectivity index (χ2n) is 5.47. The van der Waals surface area contributed by atoms with Crippen molar-refractivity contribution in [3.63, 3.8) is 0 Å². The van der Waals surface area contributed by atoms with E-state index < -0.39 is 26.8 Å². The van der Waals surface area contributed by atoms with Crippen LogP contribution < -0.4 is 4.90 Å². The summed E-state index contributed by atoms with van der Waals surface area (Å²) >= 11 is 0. The van der Waals surface area contributed by atoms with Gasteiger partial charge in [-0.25, -0.2) is 17.8 Å². The van der Waals surface area contributed by atoms with Gasteiger partial charge in [0.25, 0.3) is 0 Å². The van der Waals surface area contributed by atoms with Crippen LogP contribution in [0.2, 0.25) is 0 Å². The fraction of sp³-hybridized carbons (Fsp3) is 0.667. The van der Waals surface area contributed by atoms with Crippen LogP contribution in [0.5, 0.6) is 0 Å². The minimum atomic E-state index is -3.76. The molecule has 2 aliphatic rings. The summed E-state index contributed by atoms with van der Waals surface area (Å²) in [7, 11) is -3.76. The van der Waals surface area contributed by atoms with Crippen molar-refractivity contribution in [3.8, 4) is 0 Å². The number of aliphatic hydroxyl groups excluding tert-OH is 1. The zero-order valence-electron chi connectivity index (χ0n) is 11.4. The molecule has 2 aliphatic heterocycles. The van der Waals surface area contributed by atoms with Crippen LogP contribution in [0, 0.1) is 5.82 Å². The molecule has 2 saturated heterocycles. The van der Waals surface area contributed by atoms with E-state index in [-0.39, 0.29) is 18.0 Å². The van der Waals surface area contributed by atoms with E-state index in [0.29, 0.717) is 26.1 Å². The highest BCUT2D eigenvalue weighted by molar-refractivity contribution is 7.90. The smallest absolute Gasteiger partial charge is 0.227 e. The summed E-state index contributed by atoms with van der Waals surface area (Å²) in [5, 5.41) is 9.23. The van der Waals surface area contributed by atoms with Gasteiger partial charge in [0.2, 0.25) is 5.95 Å². The molecule has 116 valence electrons. The van der Waals surface area contributed by atoms with Crippen LogP contribution >= 0.6 is 0 Å². The van der Waals surface area contributed by atoms with E-state index in [1.165, 1.54) is 0 Å². The second-order valence-corrected chi connectivity index (χ2v) is 7.40. The van der Waals surface area contributed by atoms with Crippen molar-refractivity contribution in [2.45, 2.75) is 36.1 Å². The first-order valence-corrected chi connectivity index (χ1v) is 8.52. The van der Waals surface area contributed by atoms with Gasteiger partial charge in [-0.1, -0.05) is 0 Å². The number of hydrogen-bond acceptors (Lipinski definition) is 7. The highest BCUT2D eigenvalue weighted by Crippen LogP contribution is 2.31. The number of aliphatic hydroxyl groups is 1. The van der Waals surface area contributed by atoms with Gasteiger partial charge in [-0.05, 0) is 12.8 Å². The third kappa shape index (κ3) is 2.72. The molecule has 0 radical (unpaired) electrons. The van der Waals surface area contributed by atoms with Crippen molar-refractivity contribution >= 4 is 15.8 Å². The first-order chi connectivity index (χ1) is 9.86. The quantitative estimate of drug-likeness (QED) is 0.752. The first-order valence-electron chi connectivity index (χ1n) is 6.63. The number of fused-ring (bicyclic) bond motifs is 2. The molecule has 1 N–H and O–H groups in total. The number of rotatable bonds is 2. The van der Waals surface area contributed by atoms with E-state index in [0.717, 1.165) is 12.5 Å². The molecule has 0 saturated carbocycles. The maximum Gasteiger partial charge on any atom is 0.227 e. The van der Waals surface area contributed by atoms with E-state index in [1.54, 1.807) is 0 Å². The Hall–Kier alpha value is -1.32. The van der Waals surface area contributed by atoms with Gasteiger partial charge in [0.05, 0.1) is 37.6 Å². The molecule has 9 heteroatoms. The van der Waals surface area contributed by atoms with E-state index in [1.807, 2.05) is 4.90 Å². The van der Waals surface area contributed by atoms with Crippen LogP contribution in [0.25, 0.3) is 0 Å². The molecule has 0 aliphatic carbocycles. The minimum absolute atomic E-state index is 0.134. The van der Waals surface area contributed by atoms with Gasteiger partial charge in [-0.15, -0.1) is 0 Å². The average molecular weight is 317 g/mol. The number of aromatic nitrogens is 2. The molecule has 0 aromatic carbocycles. The van der Waals surface area contributed by atoms with Crippen LogP contribution in [-0.4, -0.2) is 61.1 Å². The number of halogens is 1. The van der Waals surface area contributed by atoms with Crippen molar-refractivity contribution < 1.29 is 22.7 Å². The largest absolute Gasteiger partial charge is 0.393 e. The van der Waals surface area contributed by atoms with E-state index in [9.17, 15) is 17.9 Å². The number of piperidine rings is 1. The lowest BCUT2D eigenvalue weighted by Gasteiger charge is -2.47. The maximum atomic E-state index is 13.6. The molecule has 3 heterocycles. The molecule has 2 fully saturated rings. The molecule has 1 aromatic heterocycles. The van der Waals surface area contributed by atoms with E-state index in [4.69, 9.17) is 4.74 Å². The van der Waals surface area contributed by atoms with Crippen molar-refractivity contribution in [3.05, 3.63) is 12.0 Å². The topological polar surface area (TPSA) is 92.6 Å². The molecule has 3 rings (SSSR count). The van der Waals surface area contributed by atoms with Crippen LogP contribution in [0.4, 0.5) is 10.3 Å². The van der Waals surface area contributed by atoms with Gasteiger partial charge in [0, 0.05) is 6.26 Å². The van der Waals surface area contributed by atoms with Gasteiger partial charge in [0.1, 0.15) is 0 Å². The Morgan fingerprint density at radius 3 is 2.57 bits per heavy atom. The zero-order valence-corrected chi connectivity index (χ0v) is 12.3. The Bertz CT molecular complexity index is 640. The predicted octanol–water partition coefficient (Wildman–Crippen LogP) is -0.252. The first kappa shape index (κ1) is 14.6. The molecule has 0 unspecified atom stereocenters. The normalized spacial score (nSPS) is 29.5. The Labute approximate surface area is 121 Å². The fourth-order valence-electron chi connectivity index (χ4n) is 2.94. The molecule has 1 aromatic rings. The summed E-state index contributed by atoms with van der Waals surface area (Å²) in [6, 6.07) is -0.268. The lowest BCUT2D eigenvalue weighted by molar-refractivity contribution is 0.000240. The van der Waals surface area contributed by atoms with Crippen LogP contribution in [-0.2, 0) is 14.6 Å². The molecule has 3 atom stereocenters. The van der Waals surface area contributed by atoms with Gasteiger partial charge in [-0.2, -0.15) is 4.98 Å². The minimum Gasteiger partial charge on any atom is -0.393 e. The van der Waals surface area contributed by atoms with Crippen molar-refractivity contribution in [2.75, 3.05) is 24.4 Å². The molecule has 0 amide bonds. The Kier molecular flexibility index (Phi) is 3.58. The van der Waals surface area contributed by atoms with Crippen LogP contribution in [0.3, 0.4) is 0 Å². The molecule has 0 spiro atoms. The lowest BCUT2D eigenvalue weighted by Crippen LogP contribution is -2.59. The van der Waals surface area contributed by atoms with Crippen molar-refractivity contribution in [2.24, 2.45) is 0 Å². The van der Waals surface area contributed by atoms with Gasteiger partial charge in [-0.3, -0.25) is 0 Å². The molecular formula is C12H16FN3O4S. The molecule has 7 nitrogen and oxygen atoms in total. The number of anilines is 1. The SMILES string of the molecule is CS(=O)(=O)c1nc(N2[C@@H]3COC[C@H]2C[C@@H](O)C3)ncc1F. The zero-order chi connectivity index (χ0) is 15.2.